The topological polar surface area (TPSA) is 53.7 Å². The van der Waals surface area contributed by atoms with Crippen LogP contribution < -0.4 is 5.73 Å². The first-order chi connectivity index (χ1) is 8.29. The van der Waals surface area contributed by atoms with Crippen molar-refractivity contribution in [1.29, 1.82) is 0 Å². The SMILES string of the molecule is CCO[SiH](OCC)C1(CCCN)CCCCO1. The average molecular weight is 261 g/mol. The Kier molecular flexibility index (Phi) is 7.30. The molecule has 1 saturated heterocycles. The van der Waals surface area contributed by atoms with E-state index < -0.39 is 9.28 Å². The van der Waals surface area contributed by atoms with E-state index in [1.54, 1.807) is 0 Å². The Labute approximate surface area is 107 Å². The third-order valence-corrected chi connectivity index (χ3v) is 6.13. The van der Waals surface area contributed by atoms with Gasteiger partial charge in [0.05, 0.1) is 0 Å². The normalized spacial score (nSPS) is 25.4. The number of nitrogens with two attached hydrogens (primary N) is 1. The molecule has 0 radical (unpaired) electrons. The van der Waals surface area contributed by atoms with E-state index in [-0.39, 0.29) is 5.22 Å². The summed E-state index contributed by atoms with van der Waals surface area (Å²) in [5, 5.41) is -0.135. The molecule has 1 aliphatic rings. The summed E-state index contributed by atoms with van der Waals surface area (Å²) in [7, 11) is -1.76. The minimum absolute atomic E-state index is 0.135. The highest BCUT2D eigenvalue weighted by molar-refractivity contribution is 6.48. The van der Waals surface area contributed by atoms with Crippen LogP contribution in [0.1, 0.15) is 46.0 Å². The molecule has 2 N–H and O–H groups in total. The molecule has 17 heavy (non-hydrogen) atoms. The highest BCUT2D eigenvalue weighted by Crippen LogP contribution is 2.32. The van der Waals surface area contributed by atoms with Crippen LogP contribution in [0.5, 0.6) is 0 Å². The summed E-state index contributed by atoms with van der Waals surface area (Å²) in [5.74, 6) is 0. The molecule has 0 saturated carbocycles. The summed E-state index contributed by atoms with van der Waals surface area (Å²) in [4.78, 5) is 0. The Morgan fingerprint density at radius 1 is 1.24 bits per heavy atom. The Hall–Kier alpha value is 0.0569. The van der Waals surface area contributed by atoms with Gasteiger partial charge in [-0.25, -0.2) is 0 Å². The van der Waals surface area contributed by atoms with Gasteiger partial charge >= 0.3 is 9.28 Å². The van der Waals surface area contributed by atoms with Gasteiger partial charge in [0.25, 0.3) is 0 Å². The van der Waals surface area contributed by atoms with Crippen LogP contribution in [0.3, 0.4) is 0 Å². The van der Waals surface area contributed by atoms with Crippen LogP contribution in [0.2, 0.25) is 0 Å². The molecule has 102 valence electrons. The maximum Gasteiger partial charge on any atom is 0.354 e. The molecule has 1 unspecified atom stereocenters. The number of hydrogen-bond donors (Lipinski definition) is 1. The van der Waals surface area contributed by atoms with Gasteiger partial charge in [-0.1, -0.05) is 0 Å². The quantitative estimate of drug-likeness (QED) is 0.673. The average Bonchev–Trinajstić information content (AvgIpc) is 2.37. The minimum Gasteiger partial charge on any atom is -0.395 e. The predicted octanol–water partition coefficient (Wildman–Crippen LogP) is 1.50. The lowest BCUT2D eigenvalue weighted by Gasteiger charge is -2.41. The monoisotopic (exact) mass is 261 g/mol. The van der Waals surface area contributed by atoms with Gasteiger partial charge in [0, 0.05) is 19.8 Å². The molecular formula is C12H27NO3Si. The fraction of sp³-hybridized carbons (Fsp3) is 1.00. The summed E-state index contributed by atoms with van der Waals surface area (Å²) in [5.41, 5.74) is 5.63. The van der Waals surface area contributed by atoms with Gasteiger partial charge in [-0.3, -0.25) is 0 Å². The van der Waals surface area contributed by atoms with E-state index in [4.69, 9.17) is 19.3 Å². The second-order valence-electron chi connectivity index (χ2n) is 4.51. The van der Waals surface area contributed by atoms with E-state index in [1.807, 2.05) is 13.8 Å². The summed E-state index contributed by atoms with van der Waals surface area (Å²) in [6, 6.07) is 0. The zero-order chi connectivity index (χ0) is 12.6. The van der Waals surface area contributed by atoms with Crippen molar-refractivity contribution in [2.24, 2.45) is 5.73 Å². The summed E-state index contributed by atoms with van der Waals surface area (Å²) < 4.78 is 17.8. The lowest BCUT2D eigenvalue weighted by molar-refractivity contribution is -0.0564. The smallest absolute Gasteiger partial charge is 0.354 e. The Balaban J connectivity index is 2.68. The molecule has 1 fully saturated rings. The highest BCUT2D eigenvalue weighted by atomic mass is 28.3. The molecule has 0 bridgehead atoms. The van der Waals surface area contributed by atoms with Crippen molar-refractivity contribution in [3.05, 3.63) is 0 Å². The molecule has 0 spiro atoms. The van der Waals surface area contributed by atoms with Crippen molar-refractivity contribution >= 4 is 9.28 Å². The van der Waals surface area contributed by atoms with E-state index in [2.05, 4.69) is 0 Å². The van der Waals surface area contributed by atoms with Crippen LogP contribution in [0.25, 0.3) is 0 Å². The standard InChI is InChI=1S/C12H27NO3Si/c1-3-15-17(16-4-2)12(9-7-10-13)8-5-6-11-14-12/h17H,3-11,13H2,1-2H3. The van der Waals surface area contributed by atoms with E-state index in [0.717, 1.165) is 32.3 Å². The molecule has 4 nitrogen and oxygen atoms in total. The second kappa shape index (κ2) is 8.21. The fourth-order valence-corrected chi connectivity index (χ4v) is 4.87. The largest absolute Gasteiger partial charge is 0.395 e. The maximum atomic E-state index is 6.09. The first-order valence-corrected chi connectivity index (χ1v) is 8.38. The van der Waals surface area contributed by atoms with Gasteiger partial charge < -0.3 is 19.3 Å². The van der Waals surface area contributed by atoms with Gasteiger partial charge in [-0.05, 0) is 52.5 Å². The first kappa shape index (κ1) is 15.1. The maximum absolute atomic E-state index is 6.09. The summed E-state index contributed by atoms with van der Waals surface area (Å²) in [6.45, 7) is 7.03. The molecule has 0 aromatic rings. The molecule has 1 heterocycles. The molecule has 0 aromatic carbocycles. The first-order valence-electron chi connectivity index (χ1n) is 6.86. The van der Waals surface area contributed by atoms with Gasteiger partial charge in [-0.2, -0.15) is 0 Å². The van der Waals surface area contributed by atoms with E-state index >= 15 is 0 Å². The van der Waals surface area contributed by atoms with Crippen LogP contribution in [0, 0.1) is 0 Å². The Bertz CT molecular complexity index is 192. The van der Waals surface area contributed by atoms with Crippen molar-refractivity contribution in [3.63, 3.8) is 0 Å². The molecule has 1 rings (SSSR count). The molecule has 1 aliphatic heterocycles. The van der Waals surface area contributed by atoms with Crippen LogP contribution in [-0.2, 0) is 13.6 Å². The van der Waals surface area contributed by atoms with Crippen molar-refractivity contribution in [1.82, 2.24) is 0 Å². The van der Waals surface area contributed by atoms with Crippen LogP contribution >= 0.6 is 0 Å². The fourth-order valence-electron chi connectivity index (χ4n) is 2.43. The third-order valence-electron chi connectivity index (χ3n) is 3.25. The zero-order valence-corrected chi connectivity index (χ0v) is 12.4. The van der Waals surface area contributed by atoms with Gasteiger partial charge in [0.2, 0.25) is 0 Å². The Morgan fingerprint density at radius 2 is 1.94 bits per heavy atom. The lowest BCUT2D eigenvalue weighted by atomic mass is 10.0. The van der Waals surface area contributed by atoms with E-state index in [1.165, 1.54) is 6.42 Å². The van der Waals surface area contributed by atoms with Gasteiger partial charge in [0.15, 0.2) is 0 Å². The highest BCUT2D eigenvalue weighted by Gasteiger charge is 2.44. The van der Waals surface area contributed by atoms with Crippen molar-refractivity contribution < 1.29 is 13.6 Å². The molecular weight excluding hydrogens is 234 g/mol. The summed E-state index contributed by atoms with van der Waals surface area (Å²) >= 11 is 0. The second-order valence-corrected chi connectivity index (χ2v) is 6.89. The molecule has 0 aliphatic carbocycles. The number of ether oxygens (including phenoxy) is 1. The molecule has 0 amide bonds. The van der Waals surface area contributed by atoms with Gasteiger partial charge in [-0.15, -0.1) is 0 Å². The van der Waals surface area contributed by atoms with Crippen LogP contribution in [0.15, 0.2) is 0 Å². The third kappa shape index (κ3) is 4.33. The lowest BCUT2D eigenvalue weighted by Crippen LogP contribution is -2.54. The van der Waals surface area contributed by atoms with Crippen molar-refractivity contribution in [2.45, 2.75) is 51.2 Å². The van der Waals surface area contributed by atoms with E-state index in [9.17, 15) is 0 Å². The van der Waals surface area contributed by atoms with Crippen LogP contribution in [-0.4, -0.2) is 40.9 Å². The zero-order valence-electron chi connectivity index (χ0n) is 11.2. The number of hydrogen-bond acceptors (Lipinski definition) is 4. The van der Waals surface area contributed by atoms with Crippen molar-refractivity contribution in [2.75, 3.05) is 26.4 Å². The van der Waals surface area contributed by atoms with Gasteiger partial charge in [0.1, 0.15) is 5.22 Å². The predicted molar refractivity (Wildman–Crippen MR) is 71.2 cm³/mol. The summed E-state index contributed by atoms with van der Waals surface area (Å²) in [6.07, 6.45) is 5.42. The van der Waals surface area contributed by atoms with Crippen LogP contribution in [0.4, 0.5) is 0 Å². The van der Waals surface area contributed by atoms with E-state index in [0.29, 0.717) is 19.8 Å². The Morgan fingerprint density at radius 3 is 2.41 bits per heavy atom. The number of rotatable bonds is 8. The molecule has 0 aromatic heterocycles. The van der Waals surface area contributed by atoms with Crippen molar-refractivity contribution in [3.8, 4) is 0 Å². The molecule has 5 heteroatoms. The molecule has 1 atom stereocenters. The minimum atomic E-state index is -1.76.